The number of azo groups is 1. The molecule has 0 N–H and O–H groups in total. The Morgan fingerprint density at radius 2 is 1.47 bits per heavy atom. The molecule has 12 nitrogen and oxygen atoms in total. The fourth-order valence-corrected chi connectivity index (χ4v) is 4.48. The van der Waals surface area contributed by atoms with E-state index in [0.29, 0.717) is 6.07 Å². The summed E-state index contributed by atoms with van der Waals surface area (Å²) in [6.07, 6.45) is 0. The van der Waals surface area contributed by atoms with Crippen LogP contribution in [0.25, 0.3) is 16.5 Å². The first-order valence-electron chi connectivity index (χ1n) is 9.31. The van der Waals surface area contributed by atoms with Gasteiger partial charge in [-0.2, -0.15) is 5.11 Å². The molecule has 16 heteroatoms. The Morgan fingerprint density at radius 1 is 0.861 bits per heavy atom. The van der Waals surface area contributed by atoms with Crippen molar-refractivity contribution in [1.29, 1.82) is 0 Å². The van der Waals surface area contributed by atoms with E-state index in [-0.39, 0.29) is 80.4 Å². The Kier molecular flexibility index (Phi) is 9.12. The third-order valence-corrected chi connectivity index (χ3v) is 6.51. The summed E-state index contributed by atoms with van der Waals surface area (Å²) in [7, 11) is -9.71. The van der Waals surface area contributed by atoms with Gasteiger partial charge in [-0.15, -0.1) is 10.8 Å². The molecule has 0 amide bonds. The molecular weight excluding hydrogens is 563 g/mol. The minimum Gasteiger partial charge on any atom is -0.871 e. The van der Waals surface area contributed by atoms with E-state index in [1.54, 1.807) is 0 Å². The van der Waals surface area contributed by atoms with E-state index in [9.17, 15) is 35.8 Å². The summed E-state index contributed by atoms with van der Waals surface area (Å²) >= 11 is 0. The standard InChI is InChI=1S/C20H16N4O8S2.Cr.Na/c1-11-18(20(26)24(23-11)12-5-4-6-13(9-12)33(27,28)29)21-22-19-15-8-3-2-7-14(15)17(10-16(19)25)34(30,31)32;;/h2-10H,1H3,(H4,21,22,23,25,26,27,28,29,30,31,32);;/q;+3;+1/p-4. The van der Waals surface area contributed by atoms with Crippen LogP contribution >= 0.6 is 0 Å². The number of nitrogens with zero attached hydrogens (tertiary/aromatic N) is 4. The molecule has 1 aromatic heterocycles. The molecule has 0 saturated heterocycles. The van der Waals surface area contributed by atoms with Crippen molar-refractivity contribution in [2.24, 2.45) is 10.2 Å². The van der Waals surface area contributed by atoms with Gasteiger partial charge >= 0.3 is 46.9 Å². The van der Waals surface area contributed by atoms with Gasteiger partial charge in [0.1, 0.15) is 25.9 Å². The molecule has 0 spiro atoms. The van der Waals surface area contributed by atoms with Crippen LogP contribution in [0, 0.1) is 6.92 Å². The first kappa shape index (κ1) is 29.9. The average Bonchev–Trinajstić information content (AvgIpc) is 3.05. The maximum atomic E-state index is 12.8. The van der Waals surface area contributed by atoms with E-state index in [0.717, 1.165) is 16.8 Å². The van der Waals surface area contributed by atoms with Crippen molar-refractivity contribution in [3.63, 3.8) is 0 Å². The van der Waals surface area contributed by atoms with E-state index < -0.39 is 41.3 Å². The third-order valence-electron chi connectivity index (χ3n) is 4.80. The number of rotatable bonds is 5. The second kappa shape index (κ2) is 11.0. The van der Waals surface area contributed by atoms with E-state index in [4.69, 9.17) is 0 Å². The molecule has 179 valence electrons. The molecule has 36 heavy (non-hydrogen) atoms. The molecular formula is C20H12CrN4NaO8S2. The summed E-state index contributed by atoms with van der Waals surface area (Å²) in [5.41, 5.74) is -1.31. The van der Waals surface area contributed by atoms with Crippen LogP contribution in [0.1, 0.15) is 5.69 Å². The van der Waals surface area contributed by atoms with Crippen molar-refractivity contribution >= 4 is 42.4 Å². The minimum absolute atomic E-state index is 0. The quantitative estimate of drug-likeness (QED) is 0.155. The summed E-state index contributed by atoms with van der Waals surface area (Å²) in [5.74, 6) is -0.900. The van der Waals surface area contributed by atoms with Crippen LogP contribution in [0.4, 0.5) is 11.4 Å². The summed E-state index contributed by atoms with van der Waals surface area (Å²) in [5, 5.41) is 24.2. The fourth-order valence-electron chi connectivity index (χ4n) is 3.27. The van der Waals surface area contributed by atoms with Gasteiger partial charge < -0.3 is 24.0 Å². The number of aromatic nitrogens is 2. The van der Waals surface area contributed by atoms with Crippen LogP contribution in [-0.2, 0) is 37.6 Å². The summed E-state index contributed by atoms with van der Waals surface area (Å²) < 4.78 is 69.3. The number of benzene rings is 3. The van der Waals surface area contributed by atoms with Crippen LogP contribution in [0.2, 0.25) is 0 Å². The Hall–Kier alpha value is -2.32. The molecule has 3 aromatic carbocycles. The van der Waals surface area contributed by atoms with Gasteiger partial charge in [-0.05, 0) is 24.3 Å². The van der Waals surface area contributed by atoms with Gasteiger partial charge in [0.25, 0.3) is 5.56 Å². The normalized spacial score (nSPS) is 11.9. The van der Waals surface area contributed by atoms with E-state index in [1.165, 1.54) is 43.3 Å². The van der Waals surface area contributed by atoms with Gasteiger partial charge in [0.05, 0.1) is 15.5 Å². The SMILES string of the molecule is Cc1[n-]n(-c2cccc(S(=O)(=O)[O-])c2)c(=O)c1N=Nc1c([O-])cc(S(=O)(=O)[O-])c2ccccc12.[Cr+3].[Na+]. The molecule has 0 saturated carbocycles. The Morgan fingerprint density at radius 3 is 2.08 bits per heavy atom. The topological polar surface area (TPSA) is 198 Å². The fraction of sp³-hybridized carbons (Fsp3) is 0.0500. The Bertz CT molecular complexity index is 1770. The molecule has 0 bridgehead atoms. The predicted molar refractivity (Wildman–Crippen MR) is 114 cm³/mol. The smallest absolute Gasteiger partial charge is 0.871 e. The zero-order chi connectivity index (χ0) is 24.8. The molecule has 0 atom stereocenters. The van der Waals surface area contributed by atoms with Gasteiger partial charge in [-0.3, -0.25) is 4.79 Å². The van der Waals surface area contributed by atoms with Gasteiger partial charge in [-0.1, -0.05) is 43.0 Å². The molecule has 0 fully saturated rings. The molecule has 0 aliphatic heterocycles. The van der Waals surface area contributed by atoms with Crippen molar-refractivity contribution in [2.45, 2.75) is 16.7 Å². The Balaban J connectivity index is 0.00000228. The van der Waals surface area contributed by atoms with Crippen LogP contribution < -0.4 is 45.3 Å². The van der Waals surface area contributed by atoms with E-state index in [2.05, 4.69) is 15.3 Å². The van der Waals surface area contributed by atoms with Crippen LogP contribution in [0.15, 0.2) is 79.4 Å². The third kappa shape index (κ3) is 5.80. The molecule has 0 unspecified atom stereocenters. The van der Waals surface area contributed by atoms with Crippen molar-refractivity contribution in [3.8, 4) is 11.4 Å². The summed E-state index contributed by atoms with van der Waals surface area (Å²) in [6, 6.07) is 11.0. The first-order chi connectivity index (χ1) is 15.9. The maximum Gasteiger partial charge on any atom is 3.00 e. The second-order valence-electron chi connectivity index (χ2n) is 7.02. The summed E-state index contributed by atoms with van der Waals surface area (Å²) in [4.78, 5) is 11.6. The van der Waals surface area contributed by atoms with Gasteiger partial charge in [0.2, 0.25) is 0 Å². The predicted octanol–water partition coefficient (Wildman–Crippen LogP) is -1.44. The van der Waals surface area contributed by atoms with Crippen molar-refractivity contribution in [1.82, 2.24) is 9.78 Å². The largest absolute Gasteiger partial charge is 3.00 e. The van der Waals surface area contributed by atoms with Crippen molar-refractivity contribution in [3.05, 3.63) is 70.6 Å². The first-order valence-corrected chi connectivity index (χ1v) is 12.1. The average molecular weight is 575 g/mol. The van der Waals surface area contributed by atoms with Crippen LogP contribution in [0.5, 0.6) is 5.75 Å². The number of hydrogen-bond acceptors (Lipinski definition) is 10. The van der Waals surface area contributed by atoms with Gasteiger partial charge in [0, 0.05) is 16.5 Å². The molecule has 4 aromatic rings. The molecule has 4 rings (SSSR count). The van der Waals surface area contributed by atoms with Crippen LogP contribution in [-0.4, -0.2) is 30.6 Å². The Labute approximate surface area is 237 Å². The maximum absolute atomic E-state index is 12.8. The molecule has 1 heterocycles. The van der Waals surface area contributed by atoms with Crippen LogP contribution in [0.3, 0.4) is 0 Å². The van der Waals surface area contributed by atoms with Gasteiger partial charge in [-0.25, -0.2) is 16.8 Å². The second-order valence-corrected chi connectivity index (χ2v) is 9.75. The van der Waals surface area contributed by atoms with Crippen molar-refractivity contribution in [2.75, 3.05) is 0 Å². The van der Waals surface area contributed by atoms with Gasteiger partial charge in [0.15, 0.2) is 0 Å². The monoisotopic (exact) mass is 575 g/mol. The van der Waals surface area contributed by atoms with E-state index >= 15 is 0 Å². The summed E-state index contributed by atoms with van der Waals surface area (Å²) in [6.45, 7) is 1.42. The zero-order valence-electron chi connectivity index (χ0n) is 18.5. The molecule has 0 aliphatic carbocycles. The molecule has 1 radical (unpaired) electrons. The molecule has 0 aliphatic rings. The number of hydrogen-bond donors (Lipinski definition) is 0. The minimum atomic E-state index is -4.94. The zero-order valence-corrected chi connectivity index (χ0v) is 23.4. The van der Waals surface area contributed by atoms with E-state index in [1.807, 2.05) is 0 Å². The van der Waals surface area contributed by atoms with Crippen molar-refractivity contribution < 1.29 is 78.0 Å². The number of fused-ring (bicyclic) bond motifs is 1. The number of aryl methyl sites for hydroxylation is 1.